The summed E-state index contributed by atoms with van der Waals surface area (Å²) in [5, 5.41) is 3.81. The van der Waals surface area contributed by atoms with Gasteiger partial charge in [0.15, 0.2) is 9.84 Å². The minimum Gasteiger partial charge on any atom is -0.326 e. The number of hydrogen-bond donors (Lipinski definition) is 1. The maximum absolute atomic E-state index is 12.6. The maximum atomic E-state index is 12.6. The summed E-state index contributed by atoms with van der Waals surface area (Å²) in [5.41, 5.74) is 4.98. The zero-order valence-electron chi connectivity index (χ0n) is 21.1. The molecule has 0 spiro atoms. The Morgan fingerprint density at radius 2 is 1.54 bits per heavy atom. The molecule has 0 radical (unpaired) electrons. The third-order valence-electron chi connectivity index (χ3n) is 6.43. The predicted molar refractivity (Wildman–Crippen MR) is 157 cm³/mol. The molecule has 4 aromatic carbocycles. The molecule has 0 aliphatic heterocycles. The van der Waals surface area contributed by atoms with Gasteiger partial charge < -0.3 is 9.88 Å². The van der Waals surface area contributed by atoms with E-state index < -0.39 is 9.84 Å². The number of rotatable bonds is 8. The molecule has 0 aliphatic carbocycles. The topological polar surface area (TPSA) is 81.1 Å². The van der Waals surface area contributed by atoms with E-state index in [1.807, 2.05) is 48.5 Å². The Hall–Kier alpha value is -3.65. The third-order valence-corrected chi connectivity index (χ3v) is 8.90. The zero-order chi connectivity index (χ0) is 27.6. The number of carbonyl (C=O) groups excluding carboxylic acids is 1. The summed E-state index contributed by atoms with van der Waals surface area (Å²) in [6, 6.07) is 27.6. The molecule has 1 N–H and O–H groups in total. The van der Waals surface area contributed by atoms with Gasteiger partial charge in [-0.15, -0.1) is 0 Å². The van der Waals surface area contributed by atoms with Gasteiger partial charge in [0.2, 0.25) is 5.91 Å². The molecule has 0 saturated carbocycles. The Labute approximate surface area is 237 Å². The normalized spacial score (nSPS) is 11.6. The van der Waals surface area contributed by atoms with E-state index in [1.165, 1.54) is 12.1 Å². The van der Waals surface area contributed by atoms with Crippen molar-refractivity contribution in [2.75, 3.05) is 11.1 Å². The molecular weight excluding hydrogens is 553 g/mol. The van der Waals surface area contributed by atoms with Crippen molar-refractivity contribution in [3.8, 4) is 11.4 Å². The number of halogens is 2. The van der Waals surface area contributed by atoms with Crippen LogP contribution in [0.15, 0.2) is 95.9 Å². The second kappa shape index (κ2) is 11.2. The number of anilines is 1. The van der Waals surface area contributed by atoms with Crippen molar-refractivity contribution >= 4 is 55.7 Å². The molecule has 9 heteroatoms. The van der Waals surface area contributed by atoms with E-state index in [1.54, 1.807) is 25.1 Å². The van der Waals surface area contributed by atoms with Crippen LogP contribution in [0.2, 0.25) is 10.0 Å². The lowest BCUT2D eigenvalue weighted by Crippen LogP contribution is -2.14. The second-order valence-electron chi connectivity index (χ2n) is 9.11. The van der Waals surface area contributed by atoms with Crippen molar-refractivity contribution in [1.29, 1.82) is 0 Å². The van der Waals surface area contributed by atoms with Crippen LogP contribution in [0, 0.1) is 0 Å². The molecule has 1 heterocycles. The average Bonchev–Trinajstić information content (AvgIpc) is 3.26. The van der Waals surface area contributed by atoms with Crippen LogP contribution in [-0.4, -0.2) is 29.6 Å². The molecule has 0 atom stereocenters. The number of aromatic nitrogens is 2. The van der Waals surface area contributed by atoms with E-state index >= 15 is 0 Å². The maximum Gasteiger partial charge on any atom is 0.228 e. The molecule has 5 aromatic rings. The van der Waals surface area contributed by atoms with Gasteiger partial charge in [0.1, 0.15) is 5.82 Å². The van der Waals surface area contributed by atoms with Crippen LogP contribution in [0.25, 0.3) is 22.4 Å². The van der Waals surface area contributed by atoms with Crippen LogP contribution >= 0.6 is 23.2 Å². The van der Waals surface area contributed by atoms with E-state index in [-0.39, 0.29) is 23.0 Å². The summed E-state index contributed by atoms with van der Waals surface area (Å²) in [6.07, 6.45) is 0.128. The number of hydrogen-bond acceptors (Lipinski definition) is 4. The fraction of sp³-hybridized carbons (Fsp3) is 0.133. The Balaban J connectivity index is 1.36. The molecule has 39 heavy (non-hydrogen) atoms. The van der Waals surface area contributed by atoms with Crippen LogP contribution < -0.4 is 5.32 Å². The van der Waals surface area contributed by atoms with Crippen LogP contribution in [0.3, 0.4) is 0 Å². The van der Waals surface area contributed by atoms with Gasteiger partial charge in [0, 0.05) is 17.8 Å². The van der Waals surface area contributed by atoms with Gasteiger partial charge >= 0.3 is 0 Å². The number of nitrogens with one attached hydrogen (secondary N) is 1. The third kappa shape index (κ3) is 6.01. The first-order chi connectivity index (χ1) is 18.7. The van der Waals surface area contributed by atoms with Gasteiger partial charge in [0.05, 0.1) is 38.1 Å². The molecule has 6 nitrogen and oxygen atoms in total. The SMILES string of the molecule is CCS(=O)(=O)c1ccc(CC(=O)Nc2ccc(-c3nc4cc(Cl)c(Cl)cc4n3Cc3ccccc3)cc2)cc1. The molecule has 0 unspecified atom stereocenters. The van der Waals surface area contributed by atoms with Gasteiger partial charge in [-0.1, -0.05) is 72.6 Å². The molecule has 0 saturated heterocycles. The van der Waals surface area contributed by atoms with Gasteiger partial charge in [0.25, 0.3) is 0 Å². The number of carbonyl (C=O) groups is 1. The number of benzene rings is 4. The van der Waals surface area contributed by atoms with E-state index in [2.05, 4.69) is 22.0 Å². The number of amides is 1. The van der Waals surface area contributed by atoms with Crippen molar-refractivity contribution in [3.63, 3.8) is 0 Å². The lowest BCUT2D eigenvalue weighted by atomic mass is 10.1. The summed E-state index contributed by atoms with van der Waals surface area (Å²) in [4.78, 5) is 17.7. The van der Waals surface area contributed by atoms with E-state index in [0.717, 1.165) is 33.5 Å². The highest BCUT2D eigenvalue weighted by molar-refractivity contribution is 7.91. The summed E-state index contributed by atoms with van der Waals surface area (Å²) in [5.74, 6) is 0.592. The summed E-state index contributed by atoms with van der Waals surface area (Å²) in [7, 11) is -3.27. The Bertz CT molecular complexity index is 1750. The molecule has 1 amide bonds. The molecule has 1 aromatic heterocycles. The first-order valence-electron chi connectivity index (χ1n) is 12.3. The Morgan fingerprint density at radius 1 is 0.872 bits per heavy atom. The minimum absolute atomic E-state index is 0.0346. The van der Waals surface area contributed by atoms with Crippen molar-refractivity contribution < 1.29 is 13.2 Å². The lowest BCUT2D eigenvalue weighted by Gasteiger charge is -2.11. The van der Waals surface area contributed by atoms with Gasteiger partial charge in [-0.2, -0.15) is 0 Å². The summed E-state index contributed by atoms with van der Waals surface area (Å²) in [6.45, 7) is 2.20. The van der Waals surface area contributed by atoms with Crippen molar-refractivity contribution in [1.82, 2.24) is 9.55 Å². The largest absolute Gasteiger partial charge is 0.326 e. The first-order valence-corrected chi connectivity index (χ1v) is 14.8. The molecule has 0 aliphatic rings. The summed E-state index contributed by atoms with van der Waals surface area (Å²) < 4.78 is 26.1. The van der Waals surface area contributed by atoms with Crippen LogP contribution in [0.1, 0.15) is 18.1 Å². The number of nitrogens with zero attached hydrogens (tertiary/aromatic N) is 2. The number of sulfone groups is 1. The standard InChI is InChI=1S/C30H25Cl2N3O3S/c1-2-39(37,38)24-14-8-20(9-15-24)16-29(36)33-23-12-10-22(11-13-23)30-34-27-17-25(31)26(32)18-28(27)35(30)19-21-6-4-3-5-7-21/h3-15,17-18H,2,16,19H2,1H3,(H,33,36). The van der Waals surface area contributed by atoms with Crippen molar-refractivity contribution in [2.24, 2.45) is 0 Å². The van der Waals surface area contributed by atoms with Crippen molar-refractivity contribution in [2.45, 2.75) is 24.8 Å². The van der Waals surface area contributed by atoms with Crippen LogP contribution in [0.4, 0.5) is 5.69 Å². The quantitative estimate of drug-likeness (QED) is 0.214. The minimum atomic E-state index is -3.27. The highest BCUT2D eigenvalue weighted by Crippen LogP contribution is 2.32. The first kappa shape index (κ1) is 26.9. The number of imidazole rings is 1. The van der Waals surface area contributed by atoms with E-state index in [0.29, 0.717) is 22.3 Å². The predicted octanol–water partition coefficient (Wildman–Crippen LogP) is 7.03. The highest BCUT2D eigenvalue weighted by Gasteiger charge is 2.16. The van der Waals surface area contributed by atoms with Gasteiger partial charge in [-0.3, -0.25) is 4.79 Å². The fourth-order valence-electron chi connectivity index (χ4n) is 4.34. The number of fused-ring (bicyclic) bond motifs is 1. The molecule has 0 bridgehead atoms. The van der Waals surface area contributed by atoms with E-state index in [4.69, 9.17) is 28.2 Å². The molecule has 198 valence electrons. The van der Waals surface area contributed by atoms with Crippen LogP contribution in [-0.2, 0) is 27.6 Å². The average molecular weight is 579 g/mol. The summed E-state index contributed by atoms with van der Waals surface area (Å²) >= 11 is 12.6. The highest BCUT2D eigenvalue weighted by atomic mass is 35.5. The lowest BCUT2D eigenvalue weighted by molar-refractivity contribution is -0.115. The van der Waals surface area contributed by atoms with Crippen LogP contribution in [0.5, 0.6) is 0 Å². The molecule has 5 rings (SSSR count). The smallest absolute Gasteiger partial charge is 0.228 e. The molecule has 0 fully saturated rings. The Morgan fingerprint density at radius 3 is 2.21 bits per heavy atom. The fourth-order valence-corrected chi connectivity index (χ4v) is 5.54. The van der Waals surface area contributed by atoms with Crippen molar-refractivity contribution in [3.05, 3.63) is 112 Å². The second-order valence-corrected chi connectivity index (χ2v) is 12.2. The Kier molecular flexibility index (Phi) is 7.75. The van der Waals surface area contributed by atoms with Gasteiger partial charge in [-0.25, -0.2) is 13.4 Å². The monoisotopic (exact) mass is 577 g/mol. The molecular formula is C30H25Cl2N3O3S. The van der Waals surface area contributed by atoms with Gasteiger partial charge in [-0.05, 0) is 59.7 Å². The zero-order valence-corrected chi connectivity index (χ0v) is 23.4. The van der Waals surface area contributed by atoms with E-state index in [9.17, 15) is 13.2 Å².